The summed E-state index contributed by atoms with van der Waals surface area (Å²) >= 11 is 3.50. The molecule has 0 saturated carbocycles. The summed E-state index contributed by atoms with van der Waals surface area (Å²) in [5, 5.41) is 18.7. The van der Waals surface area contributed by atoms with Crippen molar-refractivity contribution in [1.82, 2.24) is 19.1 Å². The molecule has 10 aromatic carbocycles. The molecule has 0 spiro atoms. The smallest absolute Gasteiger partial charge is 0.537 e. The first-order valence-corrected chi connectivity index (χ1v) is 27.9. The second kappa shape index (κ2) is 19.4. The highest BCUT2D eigenvalue weighted by molar-refractivity contribution is 9.10. The number of para-hydroxylation sites is 4. The van der Waals surface area contributed by atoms with Crippen LogP contribution in [0.5, 0.6) is 5.75 Å². The Morgan fingerprint density at radius 2 is 0.850 bits per heavy atom. The lowest BCUT2D eigenvalue weighted by Gasteiger charge is -2.34. The Hall–Kier alpha value is -9.08. The van der Waals surface area contributed by atoms with Gasteiger partial charge in [-0.3, -0.25) is 9.97 Å². The number of hydrogen-bond acceptors (Lipinski definition) is 4. The predicted molar refractivity (Wildman–Crippen MR) is 335 cm³/mol. The molecule has 0 saturated heterocycles. The Kier molecular flexibility index (Phi) is 11.9. The fourth-order valence-electron chi connectivity index (χ4n) is 12.8. The maximum absolute atomic E-state index is 8.96. The summed E-state index contributed by atoms with van der Waals surface area (Å²) in [5.41, 5.74) is 19.6. The first kappa shape index (κ1) is 49.2. The fourth-order valence-corrected chi connectivity index (χ4v) is 13.2. The SMILES string of the molecule is Brc1cccc(-c2nccc3ccccc23)c1.CC1(C)c2ccccc2-n2c3ccc(-c4cccc(-c5nccc6ccccc56)c4)cc3c3cccc1c32.CC1(C)c2ccccc2-n2c3ccc(O[B]O)cc3c3cccc1c32. The van der Waals surface area contributed by atoms with Gasteiger partial charge >= 0.3 is 7.69 Å². The van der Waals surface area contributed by atoms with Crippen molar-refractivity contribution in [2.45, 2.75) is 38.5 Å². The molecule has 0 amide bonds. The average molecular weight is 1100 g/mol. The van der Waals surface area contributed by atoms with E-state index >= 15 is 0 Å². The number of rotatable bonds is 5. The third-order valence-electron chi connectivity index (χ3n) is 16.6. The van der Waals surface area contributed by atoms with Gasteiger partial charge in [-0.2, -0.15) is 0 Å². The Labute approximate surface area is 473 Å². The molecular weight excluding hydrogens is 1040 g/mol. The molecule has 0 unspecified atom stereocenters. The quantitative estimate of drug-likeness (QED) is 0.174. The molecule has 0 fully saturated rings. The number of hydrogen-bond donors (Lipinski definition) is 1. The molecule has 2 aliphatic rings. The van der Waals surface area contributed by atoms with E-state index in [1.807, 2.05) is 54.9 Å². The van der Waals surface area contributed by atoms with Gasteiger partial charge in [-0.1, -0.05) is 201 Å². The normalized spacial score (nSPS) is 13.3. The van der Waals surface area contributed by atoms with E-state index in [2.05, 4.69) is 246 Å². The van der Waals surface area contributed by atoms with Crippen molar-refractivity contribution in [3.63, 3.8) is 0 Å². The molecule has 6 nitrogen and oxygen atoms in total. The van der Waals surface area contributed by atoms with Crippen molar-refractivity contribution in [3.8, 4) is 50.8 Å². The summed E-state index contributed by atoms with van der Waals surface area (Å²) in [6.07, 6.45) is 3.77. The maximum Gasteiger partial charge on any atom is 0.569 e. The van der Waals surface area contributed by atoms with Crippen LogP contribution in [0.3, 0.4) is 0 Å². The van der Waals surface area contributed by atoms with Crippen LogP contribution in [0.2, 0.25) is 0 Å². The third-order valence-corrected chi connectivity index (χ3v) is 17.1. The molecule has 2 aliphatic heterocycles. The molecule has 80 heavy (non-hydrogen) atoms. The van der Waals surface area contributed by atoms with Crippen LogP contribution in [-0.4, -0.2) is 31.8 Å². The molecule has 14 aromatic rings. The predicted octanol–water partition coefficient (Wildman–Crippen LogP) is 18.3. The van der Waals surface area contributed by atoms with Gasteiger partial charge < -0.3 is 18.8 Å². The number of aromatic nitrogens is 4. The molecule has 4 aromatic heterocycles. The van der Waals surface area contributed by atoms with E-state index in [-0.39, 0.29) is 10.8 Å². The van der Waals surface area contributed by atoms with Gasteiger partial charge in [0.05, 0.1) is 44.8 Å². The standard InChI is InChI=1S/C36H26N2.C21H17BNO2.C15H10BrN/c1-36(2)30-14-5-6-16-33(30)38-32-18-17-25(22-29(32)28-13-8-15-31(36)35(28)38)24-10-7-11-26(21-24)34-27-12-4-3-9-23(27)19-20-37-34;1-21(2)16-7-3-4-9-19(16)23-18-11-10-13(25-22-24)12-15(18)14-6-5-8-17(21)20(14)23;16-13-6-3-5-12(10-13)15-14-7-2-1-4-11(14)8-9-17-15/h3-22H,1-2H3;3-12,24H,1-2H3;1-10H. The molecule has 1 radical (unpaired) electrons. The van der Waals surface area contributed by atoms with Crippen LogP contribution in [0, 0.1) is 0 Å². The minimum atomic E-state index is -0.0569. The summed E-state index contributed by atoms with van der Waals surface area (Å²) in [4.78, 5) is 9.26. The van der Waals surface area contributed by atoms with Gasteiger partial charge in [0.25, 0.3) is 0 Å². The summed E-state index contributed by atoms with van der Waals surface area (Å²) in [5.74, 6) is 0.631. The zero-order chi connectivity index (χ0) is 54.3. The second-order valence-electron chi connectivity index (χ2n) is 21.8. The lowest BCUT2D eigenvalue weighted by Crippen LogP contribution is -2.26. The number of halogens is 1. The van der Waals surface area contributed by atoms with Crippen LogP contribution >= 0.6 is 15.9 Å². The van der Waals surface area contributed by atoms with Gasteiger partial charge in [0.2, 0.25) is 0 Å². The Morgan fingerprint density at radius 1 is 0.400 bits per heavy atom. The van der Waals surface area contributed by atoms with Crippen LogP contribution in [-0.2, 0) is 10.8 Å². The summed E-state index contributed by atoms with van der Waals surface area (Å²) in [7, 11) is 0.724. The van der Waals surface area contributed by atoms with Crippen LogP contribution in [0.4, 0.5) is 0 Å². The zero-order valence-corrected chi connectivity index (χ0v) is 46.3. The first-order chi connectivity index (χ1) is 39.1. The van der Waals surface area contributed by atoms with Crippen molar-refractivity contribution >= 4 is 88.8 Å². The topological polar surface area (TPSA) is 65.1 Å². The average Bonchev–Trinajstić information content (AvgIpc) is 4.24. The molecular formula is C72H53BBrN4O2. The van der Waals surface area contributed by atoms with Crippen molar-refractivity contribution in [2.75, 3.05) is 0 Å². The molecule has 0 aliphatic carbocycles. The first-order valence-electron chi connectivity index (χ1n) is 27.1. The number of nitrogens with zero attached hydrogens (tertiary/aromatic N) is 4. The fraction of sp³-hybridized carbons (Fsp3) is 0.0833. The minimum Gasteiger partial charge on any atom is -0.537 e. The van der Waals surface area contributed by atoms with E-state index in [0.717, 1.165) is 45.6 Å². The van der Waals surface area contributed by atoms with Gasteiger partial charge in [-0.05, 0) is 117 Å². The lowest BCUT2D eigenvalue weighted by molar-refractivity contribution is 0.454. The highest BCUT2D eigenvalue weighted by Gasteiger charge is 2.36. The summed E-state index contributed by atoms with van der Waals surface area (Å²) < 4.78 is 11.1. The molecule has 8 heteroatoms. The van der Waals surface area contributed by atoms with Crippen LogP contribution in [0.15, 0.2) is 247 Å². The van der Waals surface area contributed by atoms with Crippen LogP contribution in [0.1, 0.15) is 49.9 Å². The van der Waals surface area contributed by atoms with Gasteiger partial charge in [-0.15, -0.1) is 0 Å². The van der Waals surface area contributed by atoms with Crippen LogP contribution in [0.25, 0.3) is 110 Å². The lowest BCUT2D eigenvalue weighted by atomic mass is 9.75. The van der Waals surface area contributed by atoms with E-state index in [1.54, 1.807) is 0 Å². The molecule has 0 bridgehead atoms. The van der Waals surface area contributed by atoms with Crippen molar-refractivity contribution < 1.29 is 9.68 Å². The molecule has 6 heterocycles. The Morgan fingerprint density at radius 3 is 1.43 bits per heavy atom. The zero-order valence-electron chi connectivity index (χ0n) is 44.7. The van der Waals surface area contributed by atoms with Crippen molar-refractivity contribution in [2.24, 2.45) is 0 Å². The monoisotopic (exact) mass is 1100 g/mol. The molecule has 1 N–H and O–H groups in total. The van der Waals surface area contributed by atoms with Crippen LogP contribution < -0.4 is 4.65 Å². The summed E-state index contributed by atoms with van der Waals surface area (Å²) in [6.45, 7) is 9.27. The highest BCUT2D eigenvalue weighted by Crippen LogP contribution is 2.50. The van der Waals surface area contributed by atoms with E-state index < -0.39 is 0 Å². The van der Waals surface area contributed by atoms with E-state index in [0.29, 0.717) is 5.75 Å². The number of fused-ring (bicyclic) bond motifs is 12. The van der Waals surface area contributed by atoms with Gasteiger partial charge in [-0.25, -0.2) is 0 Å². The highest BCUT2D eigenvalue weighted by atomic mass is 79.9. The summed E-state index contributed by atoms with van der Waals surface area (Å²) in [6, 6.07) is 81.6. The molecule has 383 valence electrons. The molecule has 0 atom stereocenters. The van der Waals surface area contributed by atoms with E-state index in [4.69, 9.17) is 14.7 Å². The van der Waals surface area contributed by atoms with Gasteiger partial charge in [0.15, 0.2) is 0 Å². The second-order valence-corrected chi connectivity index (χ2v) is 22.8. The van der Waals surface area contributed by atoms with Gasteiger partial charge in [0.1, 0.15) is 5.75 Å². The Bertz CT molecular complexity index is 4770. The van der Waals surface area contributed by atoms with E-state index in [1.165, 1.54) is 99.0 Å². The number of pyridine rings is 2. The molecule has 16 rings (SSSR count). The van der Waals surface area contributed by atoms with Crippen molar-refractivity contribution in [3.05, 3.63) is 270 Å². The minimum absolute atomic E-state index is 0.0525. The number of benzene rings is 10. The van der Waals surface area contributed by atoms with Crippen molar-refractivity contribution in [1.29, 1.82) is 0 Å². The van der Waals surface area contributed by atoms with Gasteiger partial charge in [0, 0.05) is 71.1 Å². The third kappa shape index (κ3) is 7.96. The van der Waals surface area contributed by atoms with E-state index in [9.17, 15) is 0 Å². The largest absolute Gasteiger partial charge is 0.569 e. The maximum atomic E-state index is 8.96. The Balaban J connectivity index is 0.000000118.